The van der Waals surface area contributed by atoms with Crippen molar-refractivity contribution in [3.63, 3.8) is 0 Å². The fraction of sp³-hybridized carbons (Fsp3) is 0.200. The van der Waals surface area contributed by atoms with Crippen LogP contribution in [0.2, 0.25) is 5.02 Å². The summed E-state index contributed by atoms with van der Waals surface area (Å²) in [5.41, 5.74) is 4.28. The number of para-hydroxylation sites is 1. The highest BCUT2D eigenvalue weighted by Crippen LogP contribution is 2.29. The maximum absolute atomic E-state index is 13.4. The number of halogens is 2. The van der Waals surface area contributed by atoms with Gasteiger partial charge in [0.25, 0.3) is 0 Å². The van der Waals surface area contributed by atoms with Gasteiger partial charge in [0.2, 0.25) is 0 Å². The van der Waals surface area contributed by atoms with E-state index in [1.54, 1.807) is 7.11 Å². The van der Waals surface area contributed by atoms with E-state index in [-0.39, 0.29) is 11.9 Å². The normalized spacial score (nSPS) is 12.2. The Balaban J connectivity index is 2.31. The van der Waals surface area contributed by atoms with Gasteiger partial charge in [0.1, 0.15) is 11.6 Å². The average Bonchev–Trinajstić information content (AvgIpc) is 2.48. The number of nitrogens with one attached hydrogen (secondary N) is 1. The van der Waals surface area contributed by atoms with E-state index in [4.69, 9.17) is 22.2 Å². The van der Waals surface area contributed by atoms with Gasteiger partial charge in [-0.1, -0.05) is 29.8 Å². The van der Waals surface area contributed by atoms with Crippen molar-refractivity contribution >= 4 is 11.6 Å². The molecule has 5 heteroatoms. The van der Waals surface area contributed by atoms with Crippen LogP contribution in [-0.4, -0.2) is 7.11 Å². The maximum Gasteiger partial charge on any atom is 0.123 e. The fourth-order valence-corrected chi connectivity index (χ4v) is 2.38. The zero-order valence-electron chi connectivity index (χ0n) is 11.1. The summed E-state index contributed by atoms with van der Waals surface area (Å²) >= 11 is 6.12. The van der Waals surface area contributed by atoms with Crippen LogP contribution in [0.1, 0.15) is 17.2 Å². The summed E-state index contributed by atoms with van der Waals surface area (Å²) in [5.74, 6) is 6.01. The van der Waals surface area contributed by atoms with Gasteiger partial charge in [-0.15, -0.1) is 0 Å². The van der Waals surface area contributed by atoms with Crippen LogP contribution in [0, 0.1) is 5.82 Å². The number of nitrogens with two attached hydrogens (primary N) is 1. The Morgan fingerprint density at radius 3 is 2.75 bits per heavy atom. The minimum absolute atomic E-state index is 0.297. The number of hydrogen-bond donors (Lipinski definition) is 2. The molecule has 20 heavy (non-hydrogen) atoms. The number of hydrogen-bond acceptors (Lipinski definition) is 3. The lowest BCUT2D eigenvalue weighted by atomic mass is 9.98. The Labute approximate surface area is 122 Å². The van der Waals surface area contributed by atoms with Gasteiger partial charge in [0, 0.05) is 5.02 Å². The first-order valence-electron chi connectivity index (χ1n) is 6.18. The van der Waals surface area contributed by atoms with Crippen molar-refractivity contribution in [2.24, 2.45) is 5.84 Å². The standard InChI is InChI=1S/C15H16ClFN2O/c1-20-15-5-3-2-4-10(15)8-14(19-18)12-9-11(17)6-7-13(12)16/h2-7,9,14,19H,8,18H2,1H3. The molecule has 0 bridgehead atoms. The van der Waals surface area contributed by atoms with E-state index in [0.29, 0.717) is 17.0 Å². The molecule has 2 aromatic rings. The molecule has 3 nitrogen and oxygen atoms in total. The van der Waals surface area contributed by atoms with Crippen molar-refractivity contribution in [3.05, 3.63) is 64.4 Å². The van der Waals surface area contributed by atoms with Gasteiger partial charge < -0.3 is 4.74 Å². The third-order valence-corrected chi connectivity index (χ3v) is 3.50. The number of ether oxygens (including phenoxy) is 1. The van der Waals surface area contributed by atoms with Crippen LogP contribution in [0.5, 0.6) is 5.75 Å². The van der Waals surface area contributed by atoms with E-state index in [0.717, 1.165) is 11.3 Å². The second kappa shape index (κ2) is 6.70. The topological polar surface area (TPSA) is 47.3 Å². The largest absolute Gasteiger partial charge is 0.496 e. The minimum Gasteiger partial charge on any atom is -0.496 e. The van der Waals surface area contributed by atoms with Crippen molar-refractivity contribution in [1.29, 1.82) is 0 Å². The molecule has 0 saturated carbocycles. The first-order valence-corrected chi connectivity index (χ1v) is 6.56. The quantitative estimate of drug-likeness (QED) is 0.657. The van der Waals surface area contributed by atoms with Gasteiger partial charge in [0.15, 0.2) is 0 Å². The van der Waals surface area contributed by atoms with Crippen LogP contribution >= 0.6 is 11.6 Å². The first-order chi connectivity index (χ1) is 9.65. The van der Waals surface area contributed by atoms with Crippen LogP contribution in [0.15, 0.2) is 42.5 Å². The van der Waals surface area contributed by atoms with Crippen LogP contribution in [0.3, 0.4) is 0 Å². The average molecular weight is 295 g/mol. The molecule has 0 heterocycles. The van der Waals surface area contributed by atoms with Crippen LogP contribution in [-0.2, 0) is 6.42 Å². The molecule has 106 valence electrons. The van der Waals surface area contributed by atoms with E-state index >= 15 is 0 Å². The van der Waals surface area contributed by atoms with Crippen molar-refractivity contribution < 1.29 is 9.13 Å². The molecular weight excluding hydrogens is 279 g/mol. The van der Waals surface area contributed by atoms with Gasteiger partial charge in [-0.2, -0.15) is 0 Å². The van der Waals surface area contributed by atoms with Gasteiger partial charge in [-0.25, -0.2) is 4.39 Å². The summed E-state index contributed by atoms with van der Waals surface area (Å²) in [7, 11) is 1.61. The smallest absolute Gasteiger partial charge is 0.123 e. The molecule has 0 radical (unpaired) electrons. The van der Waals surface area contributed by atoms with Crippen LogP contribution in [0.4, 0.5) is 4.39 Å². The molecule has 0 aromatic heterocycles. The number of benzene rings is 2. The van der Waals surface area contributed by atoms with Crippen molar-refractivity contribution in [2.75, 3.05) is 7.11 Å². The number of rotatable bonds is 5. The van der Waals surface area contributed by atoms with Crippen molar-refractivity contribution in [2.45, 2.75) is 12.5 Å². The molecule has 0 amide bonds. The highest BCUT2D eigenvalue weighted by molar-refractivity contribution is 6.31. The van der Waals surface area contributed by atoms with Gasteiger partial charge in [-0.3, -0.25) is 11.3 Å². The lowest BCUT2D eigenvalue weighted by molar-refractivity contribution is 0.405. The zero-order chi connectivity index (χ0) is 14.5. The van der Waals surface area contributed by atoms with Gasteiger partial charge in [0.05, 0.1) is 13.2 Å². The van der Waals surface area contributed by atoms with Gasteiger partial charge in [-0.05, 0) is 41.8 Å². The summed E-state index contributed by atoms with van der Waals surface area (Å²) in [5, 5.41) is 0.476. The van der Waals surface area contributed by atoms with Crippen molar-refractivity contribution in [1.82, 2.24) is 5.43 Å². The molecule has 1 atom stereocenters. The molecule has 0 saturated heterocycles. The molecule has 1 unspecified atom stereocenters. The summed E-state index contributed by atoms with van der Waals surface area (Å²) in [6.07, 6.45) is 0.545. The summed E-state index contributed by atoms with van der Waals surface area (Å²) in [4.78, 5) is 0. The third kappa shape index (κ3) is 3.28. The molecule has 2 aromatic carbocycles. The lowest BCUT2D eigenvalue weighted by Crippen LogP contribution is -2.30. The Morgan fingerprint density at radius 1 is 1.30 bits per heavy atom. The maximum atomic E-state index is 13.4. The summed E-state index contributed by atoms with van der Waals surface area (Å²) < 4.78 is 18.7. The number of hydrazine groups is 1. The molecule has 3 N–H and O–H groups in total. The molecule has 0 aliphatic carbocycles. The summed E-state index contributed by atoms with van der Waals surface area (Å²) in [6.45, 7) is 0. The molecule has 0 aliphatic heterocycles. The van der Waals surface area contributed by atoms with E-state index in [1.807, 2.05) is 24.3 Å². The monoisotopic (exact) mass is 294 g/mol. The third-order valence-electron chi connectivity index (χ3n) is 3.15. The Bertz CT molecular complexity index is 592. The Hall–Kier alpha value is -1.62. The lowest BCUT2D eigenvalue weighted by Gasteiger charge is -2.19. The molecular formula is C15H16ClFN2O. The molecule has 0 aliphatic rings. The SMILES string of the molecule is COc1ccccc1CC(NN)c1cc(F)ccc1Cl. The predicted octanol–water partition coefficient (Wildman–Crippen LogP) is 3.23. The zero-order valence-corrected chi connectivity index (χ0v) is 11.8. The fourth-order valence-electron chi connectivity index (χ4n) is 2.13. The molecule has 0 spiro atoms. The second-order valence-corrected chi connectivity index (χ2v) is 4.81. The van der Waals surface area contributed by atoms with E-state index in [2.05, 4.69) is 5.43 Å². The van der Waals surface area contributed by atoms with E-state index in [9.17, 15) is 4.39 Å². The molecule has 2 rings (SSSR count). The summed E-state index contributed by atoms with van der Waals surface area (Å²) in [6, 6.07) is 11.6. The van der Waals surface area contributed by atoms with E-state index < -0.39 is 0 Å². The van der Waals surface area contributed by atoms with Crippen LogP contribution in [0.25, 0.3) is 0 Å². The van der Waals surface area contributed by atoms with Crippen molar-refractivity contribution in [3.8, 4) is 5.75 Å². The number of methoxy groups -OCH3 is 1. The highest BCUT2D eigenvalue weighted by Gasteiger charge is 2.16. The Kier molecular flexibility index (Phi) is 4.95. The minimum atomic E-state index is -0.343. The molecule has 0 fully saturated rings. The van der Waals surface area contributed by atoms with Gasteiger partial charge >= 0.3 is 0 Å². The van der Waals surface area contributed by atoms with Crippen LogP contribution < -0.4 is 16.0 Å². The highest BCUT2D eigenvalue weighted by atomic mass is 35.5. The predicted molar refractivity (Wildman–Crippen MR) is 78.2 cm³/mol. The van der Waals surface area contributed by atoms with E-state index in [1.165, 1.54) is 18.2 Å². The first kappa shape index (κ1) is 14.8. The Morgan fingerprint density at radius 2 is 2.05 bits per heavy atom. The second-order valence-electron chi connectivity index (χ2n) is 4.40.